The Hall–Kier alpha value is -2.74. The van der Waals surface area contributed by atoms with Gasteiger partial charge in [0, 0.05) is 18.2 Å². The third-order valence-corrected chi connectivity index (χ3v) is 5.31. The van der Waals surface area contributed by atoms with E-state index in [0.29, 0.717) is 29.2 Å². The molecule has 7 nitrogen and oxygen atoms in total. The van der Waals surface area contributed by atoms with Gasteiger partial charge in [0.2, 0.25) is 0 Å². The van der Waals surface area contributed by atoms with Crippen molar-refractivity contribution in [1.82, 2.24) is 5.32 Å². The number of carbonyl (C=O) groups excluding carboxylic acids is 1. The Bertz CT molecular complexity index is 926. The summed E-state index contributed by atoms with van der Waals surface area (Å²) in [5, 5.41) is 2.76. The Morgan fingerprint density at radius 3 is 2.44 bits per heavy atom. The summed E-state index contributed by atoms with van der Waals surface area (Å²) in [4.78, 5) is 12.3. The van der Waals surface area contributed by atoms with Gasteiger partial charge < -0.3 is 14.8 Å². The number of anilines is 1. The van der Waals surface area contributed by atoms with Crippen LogP contribution in [0.4, 0.5) is 5.69 Å². The minimum absolute atomic E-state index is 0.0142. The Balaban J connectivity index is 2.38. The van der Waals surface area contributed by atoms with E-state index >= 15 is 0 Å². The van der Waals surface area contributed by atoms with E-state index < -0.39 is 10.0 Å². The number of hydrogen-bond donors (Lipinski definition) is 2. The van der Waals surface area contributed by atoms with Gasteiger partial charge in [-0.05, 0) is 43.2 Å². The van der Waals surface area contributed by atoms with Crippen molar-refractivity contribution in [2.24, 2.45) is 0 Å². The van der Waals surface area contributed by atoms with Crippen LogP contribution in [0.15, 0.2) is 41.3 Å². The molecule has 2 N–H and O–H groups in total. The molecule has 0 heterocycles. The van der Waals surface area contributed by atoms with Crippen LogP contribution in [0.2, 0.25) is 0 Å². The molecule has 0 spiro atoms. The van der Waals surface area contributed by atoms with E-state index in [9.17, 15) is 13.2 Å². The minimum atomic E-state index is -3.93. The second-order valence-corrected chi connectivity index (χ2v) is 7.59. The Morgan fingerprint density at radius 1 is 1.07 bits per heavy atom. The fourth-order valence-corrected chi connectivity index (χ4v) is 3.53. The summed E-state index contributed by atoms with van der Waals surface area (Å²) in [5.74, 6) is 0.537. The summed E-state index contributed by atoms with van der Waals surface area (Å²) < 4.78 is 38.5. The lowest BCUT2D eigenvalue weighted by Crippen LogP contribution is -2.25. The summed E-state index contributed by atoms with van der Waals surface area (Å²) in [6.07, 6.45) is 0.792. The van der Waals surface area contributed by atoms with Gasteiger partial charge in [0.05, 0.1) is 24.8 Å². The van der Waals surface area contributed by atoms with Crippen LogP contribution in [0.1, 0.15) is 29.3 Å². The summed E-state index contributed by atoms with van der Waals surface area (Å²) >= 11 is 0. The van der Waals surface area contributed by atoms with Crippen molar-refractivity contribution >= 4 is 21.6 Å². The largest absolute Gasteiger partial charge is 0.497 e. The average molecular weight is 392 g/mol. The monoisotopic (exact) mass is 392 g/mol. The smallest absolute Gasteiger partial charge is 0.262 e. The molecule has 8 heteroatoms. The fourth-order valence-electron chi connectivity index (χ4n) is 2.44. The number of aryl methyl sites for hydroxylation is 1. The van der Waals surface area contributed by atoms with Crippen molar-refractivity contribution in [3.63, 3.8) is 0 Å². The molecular formula is C19H24N2O5S. The molecule has 1 amide bonds. The lowest BCUT2D eigenvalue weighted by molar-refractivity contribution is 0.0953. The van der Waals surface area contributed by atoms with Crippen molar-refractivity contribution < 1.29 is 22.7 Å². The zero-order chi connectivity index (χ0) is 20.0. The van der Waals surface area contributed by atoms with E-state index in [2.05, 4.69) is 10.0 Å². The Morgan fingerprint density at radius 2 is 1.81 bits per heavy atom. The highest BCUT2D eigenvalue weighted by atomic mass is 32.2. The van der Waals surface area contributed by atoms with Gasteiger partial charge in [-0.15, -0.1) is 0 Å². The molecule has 0 aliphatic carbocycles. The van der Waals surface area contributed by atoms with E-state index in [0.717, 1.165) is 6.42 Å². The number of benzene rings is 2. The summed E-state index contributed by atoms with van der Waals surface area (Å²) in [6.45, 7) is 4.23. The third-order valence-electron chi connectivity index (χ3n) is 3.95. The van der Waals surface area contributed by atoms with Crippen molar-refractivity contribution in [2.75, 3.05) is 25.5 Å². The van der Waals surface area contributed by atoms with Gasteiger partial charge in [-0.1, -0.05) is 13.0 Å². The number of methoxy groups -OCH3 is 2. The van der Waals surface area contributed by atoms with Crippen LogP contribution in [0.25, 0.3) is 0 Å². The summed E-state index contributed by atoms with van der Waals surface area (Å²) in [5.41, 5.74) is 1.26. The van der Waals surface area contributed by atoms with E-state index in [1.54, 1.807) is 25.1 Å². The standard InChI is InChI=1S/C19H24N2O5S/c1-5-10-20-19(22)16-12-15(8-6-13(16)2)27(23,24)21-17-11-14(25-3)7-9-18(17)26-4/h6-9,11-12,21H,5,10H2,1-4H3,(H,20,22). The van der Waals surface area contributed by atoms with E-state index in [4.69, 9.17) is 9.47 Å². The van der Waals surface area contributed by atoms with Crippen LogP contribution in [0, 0.1) is 6.92 Å². The Kier molecular flexibility index (Phi) is 6.68. The second-order valence-electron chi connectivity index (χ2n) is 5.90. The molecule has 0 radical (unpaired) electrons. The molecule has 0 aromatic heterocycles. The molecule has 0 saturated heterocycles. The second kappa shape index (κ2) is 8.77. The molecular weight excluding hydrogens is 368 g/mol. The topological polar surface area (TPSA) is 93.7 Å². The molecule has 0 aliphatic rings. The molecule has 0 unspecified atom stereocenters. The molecule has 0 fully saturated rings. The Labute approximate surface area is 159 Å². The van der Waals surface area contributed by atoms with Crippen LogP contribution in [0.5, 0.6) is 11.5 Å². The van der Waals surface area contributed by atoms with Crippen LogP contribution in [-0.2, 0) is 10.0 Å². The maximum atomic E-state index is 12.8. The van der Waals surface area contributed by atoms with Crippen molar-refractivity contribution in [2.45, 2.75) is 25.2 Å². The maximum absolute atomic E-state index is 12.8. The SMILES string of the molecule is CCCNC(=O)c1cc(S(=O)(=O)Nc2cc(OC)ccc2OC)ccc1C. The lowest BCUT2D eigenvalue weighted by atomic mass is 10.1. The first kappa shape index (κ1) is 20.6. The molecule has 0 atom stereocenters. The first-order valence-electron chi connectivity index (χ1n) is 8.46. The van der Waals surface area contributed by atoms with Gasteiger partial charge in [0.1, 0.15) is 11.5 Å². The zero-order valence-electron chi connectivity index (χ0n) is 15.8. The van der Waals surface area contributed by atoms with Crippen LogP contribution in [0.3, 0.4) is 0 Å². The molecule has 0 bridgehead atoms. The number of sulfonamides is 1. The number of hydrogen-bond acceptors (Lipinski definition) is 5. The molecule has 27 heavy (non-hydrogen) atoms. The van der Waals surface area contributed by atoms with Crippen molar-refractivity contribution in [3.8, 4) is 11.5 Å². The normalized spacial score (nSPS) is 11.0. The number of carbonyl (C=O) groups is 1. The number of amides is 1. The molecule has 0 saturated carbocycles. The van der Waals surface area contributed by atoms with Gasteiger partial charge >= 0.3 is 0 Å². The molecule has 146 valence electrons. The highest BCUT2D eigenvalue weighted by molar-refractivity contribution is 7.92. The molecule has 2 rings (SSSR count). The number of nitrogens with one attached hydrogen (secondary N) is 2. The van der Waals surface area contributed by atoms with Gasteiger partial charge in [-0.2, -0.15) is 0 Å². The van der Waals surface area contributed by atoms with Crippen LogP contribution in [-0.4, -0.2) is 35.1 Å². The minimum Gasteiger partial charge on any atom is -0.497 e. The third kappa shape index (κ3) is 4.91. The quantitative estimate of drug-likeness (QED) is 0.720. The van der Waals surface area contributed by atoms with Crippen LogP contribution < -0.4 is 19.5 Å². The number of rotatable bonds is 8. The average Bonchev–Trinajstić information content (AvgIpc) is 2.65. The van der Waals surface area contributed by atoms with E-state index in [1.807, 2.05) is 6.92 Å². The van der Waals surface area contributed by atoms with E-state index in [-0.39, 0.29) is 16.5 Å². The van der Waals surface area contributed by atoms with Crippen molar-refractivity contribution in [3.05, 3.63) is 47.5 Å². The van der Waals surface area contributed by atoms with Gasteiger partial charge in [0.15, 0.2) is 0 Å². The van der Waals surface area contributed by atoms with Gasteiger partial charge in [-0.3, -0.25) is 9.52 Å². The predicted molar refractivity (Wildman–Crippen MR) is 104 cm³/mol. The maximum Gasteiger partial charge on any atom is 0.262 e. The zero-order valence-corrected chi connectivity index (χ0v) is 16.6. The van der Waals surface area contributed by atoms with E-state index in [1.165, 1.54) is 32.4 Å². The van der Waals surface area contributed by atoms with Crippen molar-refractivity contribution in [1.29, 1.82) is 0 Å². The molecule has 0 aliphatic heterocycles. The van der Waals surface area contributed by atoms with Gasteiger partial charge in [-0.25, -0.2) is 8.42 Å². The number of ether oxygens (including phenoxy) is 2. The lowest BCUT2D eigenvalue weighted by Gasteiger charge is -2.14. The van der Waals surface area contributed by atoms with Gasteiger partial charge in [0.25, 0.3) is 15.9 Å². The fraction of sp³-hybridized carbons (Fsp3) is 0.316. The van der Waals surface area contributed by atoms with Crippen LogP contribution >= 0.6 is 0 Å². The molecule has 2 aromatic carbocycles. The summed E-state index contributed by atoms with van der Waals surface area (Å²) in [6, 6.07) is 9.24. The highest BCUT2D eigenvalue weighted by Gasteiger charge is 2.20. The first-order chi connectivity index (χ1) is 12.8. The highest BCUT2D eigenvalue weighted by Crippen LogP contribution is 2.31. The predicted octanol–water partition coefficient (Wildman–Crippen LogP) is 2.95. The summed E-state index contributed by atoms with van der Waals surface area (Å²) in [7, 11) is -0.996. The molecule has 2 aromatic rings. The first-order valence-corrected chi connectivity index (χ1v) is 9.94.